The van der Waals surface area contributed by atoms with Gasteiger partial charge in [0.2, 0.25) is 5.91 Å². The smallest absolute Gasteiger partial charge is 0.251 e. The van der Waals surface area contributed by atoms with Crippen LogP contribution >= 0.6 is 15.9 Å². The largest absolute Gasteiger partial charge is 0.381 e. The number of amides is 2. The first-order valence-corrected chi connectivity index (χ1v) is 8.32. The minimum absolute atomic E-state index is 0.0196. The Hall–Kier alpha value is -1.40. The van der Waals surface area contributed by atoms with Gasteiger partial charge in [-0.2, -0.15) is 0 Å². The normalized spacial score (nSPS) is 13.7. The molecule has 2 amide bonds. The Labute approximate surface area is 138 Å². The van der Waals surface area contributed by atoms with Crippen LogP contribution in [0.15, 0.2) is 28.7 Å². The van der Waals surface area contributed by atoms with Gasteiger partial charge in [-0.15, -0.1) is 0 Å². The van der Waals surface area contributed by atoms with E-state index in [4.69, 9.17) is 4.74 Å². The van der Waals surface area contributed by atoms with E-state index >= 15 is 0 Å². The summed E-state index contributed by atoms with van der Waals surface area (Å²) in [6, 6.07) is 7.04. The third-order valence-electron chi connectivity index (χ3n) is 3.33. The average Bonchev–Trinajstić information content (AvgIpc) is 3.32. The first kappa shape index (κ1) is 17.0. The number of hydrogen-bond donors (Lipinski definition) is 2. The van der Waals surface area contributed by atoms with Gasteiger partial charge in [0, 0.05) is 29.8 Å². The molecule has 2 rings (SSSR count). The monoisotopic (exact) mass is 368 g/mol. The van der Waals surface area contributed by atoms with Gasteiger partial charge in [-0.05, 0) is 43.4 Å². The summed E-state index contributed by atoms with van der Waals surface area (Å²) in [7, 11) is 0. The van der Waals surface area contributed by atoms with Crippen molar-refractivity contribution in [3.63, 3.8) is 0 Å². The zero-order chi connectivity index (χ0) is 15.8. The molecule has 0 unspecified atom stereocenters. The van der Waals surface area contributed by atoms with E-state index in [9.17, 15) is 9.59 Å². The molecule has 0 radical (unpaired) electrons. The molecule has 0 saturated heterocycles. The molecule has 2 N–H and O–H groups in total. The fourth-order valence-corrected chi connectivity index (χ4v) is 2.29. The number of carbonyl (C=O) groups is 2. The second-order valence-corrected chi connectivity index (χ2v) is 6.33. The Morgan fingerprint density at radius 3 is 2.82 bits per heavy atom. The summed E-state index contributed by atoms with van der Waals surface area (Å²) in [5.41, 5.74) is 0.524. The molecule has 0 bridgehead atoms. The Morgan fingerprint density at radius 1 is 1.27 bits per heavy atom. The summed E-state index contributed by atoms with van der Waals surface area (Å²) in [6.07, 6.45) is 3.36. The average molecular weight is 369 g/mol. The van der Waals surface area contributed by atoms with E-state index in [0.29, 0.717) is 18.7 Å². The van der Waals surface area contributed by atoms with Crippen molar-refractivity contribution in [1.29, 1.82) is 0 Å². The second-order valence-electron chi connectivity index (χ2n) is 5.41. The van der Waals surface area contributed by atoms with Crippen molar-refractivity contribution in [2.24, 2.45) is 5.92 Å². The Balaban J connectivity index is 1.53. The zero-order valence-corrected chi connectivity index (χ0v) is 14.0. The summed E-state index contributed by atoms with van der Waals surface area (Å²) >= 11 is 3.31. The summed E-state index contributed by atoms with van der Waals surface area (Å²) in [6.45, 7) is 2.06. The molecular formula is C16H21BrN2O3. The molecule has 1 aliphatic rings. The third-order valence-corrected chi connectivity index (χ3v) is 3.83. The van der Waals surface area contributed by atoms with Crippen LogP contribution in [0.1, 0.15) is 29.6 Å². The lowest BCUT2D eigenvalue weighted by molar-refractivity contribution is -0.120. The standard InChI is InChI=1S/C16H21BrN2O3/c17-14-4-1-3-13(9-14)16(21)19-10-15(20)18-7-2-8-22-11-12-5-6-12/h1,3-4,9,12H,2,5-8,10-11H2,(H,18,20)(H,19,21). The van der Waals surface area contributed by atoms with E-state index in [2.05, 4.69) is 26.6 Å². The molecule has 1 fully saturated rings. The van der Waals surface area contributed by atoms with Crippen LogP contribution in [0, 0.1) is 5.92 Å². The van der Waals surface area contributed by atoms with Gasteiger partial charge in [-0.25, -0.2) is 0 Å². The molecule has 0 heterocycles. The van der Waals surface area contributed by atoms with Crippen molar-refractivity contribution >= 4 is 27.7 Å². The van der Waals surface area contributed by atoms with Gasteiger partial charge in [-0.1, -0.05) is 22.0 Å². The molecule has 0 aliphatic heterocycles. The maximum absolute atomic E-state index is 11.9. The van der Waals surface area contributed by atoms with Gasteiger partial charge in [0.1, 0.15) is 0 Å². The minimum atomic E-state index is -0.260. The van der Waals surface area contributed by atoms with Crippen LogP contribution in [0.5, 0.6) is 0 Å². The van der Waals surface area contributed by atoms with Crippen molar-refractivity contribution in [3.05, 3.63) is 34.3 Å². The highest BCUT2D eigenvalue weighted by Crippen LogP contribution is 2.28. The van der Waals surface area contributed by atoms with Gasteiger partial charge in [0.25, 0.3) is 5.91 Å². The van der Waals surface area contributed by atoms with E-state index in [1.807, 2.05) is 6.07 Å². The SMILES string of the molecule is O=C(CNC(=O)c1cccc(Br)c1)NCCCOCC1CC1. The van der Waals surface area contributed by atoms with Gasteiger partial charge >= 0.3 is 0 Å². The molecule has 0 aromatic heterocycles. The summed E-state index contributed by atoms with van der Waals surface area (Å²) in [5.74, 6) is 0.317. The number of benzene rings is 1. The molecular weight excluding hydrogens is 348 g/mol. The number of ether oxygens (including phenoxy) is 1. The van der Waals surface area contributed by atoms with E-state index in [1.54, 1.807) is 18.2 Å². The maximum Gasteiger partial charge on any atom is 0.251 e. The predicted molar refractivity (Wildman–Crippen MR) is 87.6 cm³/mol. The summed E-state index contributed by atoms with van der Waals surface area (Å²) < 4.78 is 6.31. The molecule has 22 heavy (non-hydrogen) atoms. The van der Waals surface area contributed by atoms with Crippen LogP contribution in [-0.4, -0.2) is 38.1 Å². The highest BCUT2D eigenvalue weighted by molar-refractivity contribution is 9.10. The van der Waals surface area contributed by atoms with E-state index in [0.717, 1.165) is 23.4 Å². The number of nitrogens with one attached hydrogen (secondary N) is 2. The number of rotatable bonds is 9. The third kappa shape index (κ3) is 6.58. The molecule has 120 valence electrons. The first-order chi connectivity index (χ1) is 10.6. The fourth-order valence-electron chi connectivity index (χ4n) is 1.89. The Morgan fingerprint density at radius 2 is 2.09 bits per heavy atom. The topological polar surface area (TPSA) is 67.4 Å². The molecule has 6 heteroatoms. The second kappa shape index (κ2) is 8.90. The highest BCUT2D eigenvalue weighted by atomic mass is 79.9. The van der Waals surface area contributed by atoms with E-state index < -0.39 is 0 Å². The van der Waals surface area contributed by atoms with Crippen LogP contribution in [0.4, 0.5) is 0 Å². The van der Waals surface area contributed by atoms with Crippen LogP contribution in [-0.2, 0) is 9.53 Å². The number of carbonyl (C=O) groups excluding carboxylic acids is 2. The predicted octanol–water partition coefficient (Wildman–Crippen LogP) is 2.11. The Kier molecular flexibility index (Phi) is 6.86. The van der Waals surface area contributed by atoms with Crippen LogP contribution in [0.3, 0.4) is 0 Å². The quantitative estimate of drug-likeness (QED) is 0.656. The van der Waals surface area contributed by atoms with Crippen LogP contribution in [0.25, 0.3) is 0 Å². The van der Waals surface area contributed by atoms with Crippen molar-refractivity contribution in [1.82, 2.24) is 10.6 Å². The lowest BCUT2D eigenvalue weighted by Gasteiger charge is -2.07. The van der Waals surface area contributed by atoms with Crippen molar-refractivity contribution < 1.29 is 14.3 Å². The highest BCUT2D eigenvalue weighted by Gasteiger charge is 2.20. The van der Waals surface area contributed by atoms with Gasteiger partial charge in [0.05, 0.1) is 6.54 Å². The van der Waals surface area contributed by atoms with Gasteiger partial charge in [0.15, 0.2) is 0 Å². The molecule has 1 aromatic rings. The summed E-state index contributed by atoms with van der Waals surface area (Å²) in [4.78, 5) is 23.5. The summed E-state index contributed by atoms with van der Waals surface area (Å²) in [5, 5.41) is 5.36. The van der Waals surface area contributed by atoms with Crippen molar-refractivity contribution in [2.45, 2.75) is 19.3 Å². The van der Waals surface area contributed by atoms with Crippen LogP contribution in [0.2, 0.25) is 0 Å². The lowest BCUT2D eigenvalue weighted by atomic mass is 10.2. The number of hydrogen-bond acceptors (Lipinski definition) is 3. The van der Waals surface area contributed by atoms with E-state index in [1.165, 1.54) is 12.8 Å². The minimum Gasteiger partial charge on any atom is -0.381 e. The molecule has 1 aliphatic carbocycles. The molecule has 1 aromatic carbocycles. The number of halogens is 1. The van der Waals surface area contributed by atoms with Crippen molar-refractivity contribution in [3.8, 4) is 0 Å². The Bertz CT molecular complexity index is 518. The molecule has 1 saturated carbocycles. The fraction of sp³-hybridized carbons (Fsp3) is 0.500. The zero-order valence-electron chi connectivity index (χ0n) is 12.4. The van der Waals surface area contributed by atoms with Crippen LogP contribution < -0.4 is 10.6 Å². The lowest BCUT2D eigenvalue weighted by Crippen LogP contribution is -2.37. The maximum atomic E-state index is 11.9. The van der Waals surface area contributed by atoms with Gasteiger partial charge < -0.3 is 15.4 Å². The first-order valence-electron chi connectivity index (χ1n) is 7.53. The van der Waals surface area contributed by atoms with E-state index in [-0.39, 0.29) is 18.4 Å². The molecule has 0 atom stereocenters. The van der Waals surface area contributed by atoms with Gasteiger partial charge in [-0.3, -0.25) is 9.59 Å². The van der Waals surface area contributed by atoms with Crippen molar-refractivity contribution in [2.75, 3.05) is 26.3 Å². The molecule has 0 spiro atoms. The molecule has 5 nitrogen and oxygen atoms in total.